The fraction of sp³-hybridized carbons (Fsp3) is 0.467. The molecule has 1 heterocycles. The molecule has 0 bridgehead atoms. The Hall–Kier alpha value is -1.06. The van der Waals surface area contributed by atoms with E-state index in [-0.39, 0.29) is 5.91 Å². The second kappa shape index (κ2) is 5.05. The van der Waals surface area contributed by atoms with E-state index in [2.05, 4.69) is 17.2 Å². The van der Waals surface area contributed by atoms with Crippen LogP contribution in [-0.4, -0.2) is 17.3 Å². The number of benzene rings is 1. The Kier molecular flexibility index (Phi) is 3.51. The van der Waals surface area contributed by atoms with Gasteiger partial charge in [-0.15, -0.1) is 0 Å². The van der Waals surface area contributed by atoms with Crippen LogP contribution in [0, 0.1) is 5.92 Å². The van der Waals surface area contributed by atoms with Crippen LogP contribution in [0.3, 0.4) is 0 Å². The normalized spacial score (nSPS) is 29.4. The van der Waals surface area contributed by atoms with E-state index >= 15 is 0 Å². The van der Waals surface area contributed by atoms with Gasteiger partial charge in [0.25, 0.3) is 5.91 Å². The van der Waals surface area contributed by atoms with Crippen LogP contribution in [0.2, 0.25) is 10.0 Å². The zero-order valence-corrected chi connectivity index (χ0v) is 12.8. The number of hydrogen-bond donors (Lipinski definition) is 1. The van der Waals surface area contributed by atoms with Crippen LogP contribution in [0.4, 0.5) is 0 Å². The summed E-state index contributed by atoms with van der Waals surface area (Å²) < 4.78 is 0. The Bertz CT molecular complexity index is 590. The topological polar surface area (TPSA) is 41.5 Å². The smallest absolute Gasteiger partial charge is 0.272 e. The molecule has 0 aromatic heterocycles. The van der Waals surface area contributed by atoms with E-state index in [0.717, 1.165) is 31.2 Å². The summed E-state index contributed by atoms with van der Waals surface area (Å²) in [5, 5.41) is 3.98. The van der Waals surface area contributed by atoms with Crippen LogP contribution in [-0.2, 0) is 4.79 Å². The van der Waals surface area contributed by atoms with Crippen LogP contribution in [0.5, 0.6) is 0 Å². The fourth-order valence-electron chi connectivity index (χ4n) is 2.88. The lowest BCUT2D eigenvalue weighted by Gasteiger charge is -2.33. The molecule has 0 atom stereocenters. The van der Waals surface area contributed by atoms with Crippen LogP contribution in [0.1, 0.15) is 38.2 Å². The average molecular weight is 311 g/mol. The van der Waals surface area contributed by atoms with Gasteiger partial charge in [0.05, 0.1) is 10.0 Å². The van der Waals surface area contributed by atoms with Crippen LogP contribution in [0.25, 0.3) is 0 Å². The Labute approximate surface area is 128 Å². The third-order valence-electron chi connectivity index (χ3n) is 4.18. The molecule has 1 aliphatic carbocycles. The van der Waals surface area contributed by atoms with Crippen molar-refractivity contribution in [3.8, 4) is 0 Å². The van der Waals surface area contributed by atoms with Crippen molar-refractivity contribution in [3.05, 3.63) is 33.8 Å². The number of carbonyl (C=O) groups excluding carboxylic acids is 1. The summed E-state index contributed by atoms with van der Waals surface area (Å²) in [4.78, 5) is 16.9. The lowest BCUT2D eigenvalue weighted by molar-refractivity contribution is -0.115. The van der Waals surface area contributed by atoms with Gasteiger partial charge in [0.15, 0.2) is 0 Å². The molecule has 0 unspecified atom stereocenters. The van der Waals surface area contributed by atoms with E-state index in [1.807, 2.05) is 0 Å². The van der Waals surface area contributed by atoms with E-state index < -0.39 is 5.66 Å². The number of carbonyl (C=O) groups is 1. The van der Waals surface area contributed by atoms with Crippen molar-refractivity contribution in [2.45, 2.75) is 38.3 Å². The van der Waals surface area contributed by atoms with Gasteiger partial charge >= 0.3 is 0 Å². The molecule has 1 amide bonds. The van der Waals surface area contributed by atoms with E-state index in [9.17, 15) is 4.79 Å². The molecule has 0 radical (unpaired) electrons. The lowest BCUT2D eigenvalue weighted by atomic mass is 9.83. The van der Waals surface area contributed by atoms with Gasteiger partial charge < -0.3 is 5.32 Å². The number of hydrogen-bond acceptors (Lipinski definition) is 2. The molecule has 3 rings (SSSR count). The first kappa shape index (κ1) is 13.9. The van der Waals surface area contributed by atoms with Gasteiger partial charge in [-0.3, -0.25) is 9.79 Å². The molecule has 1 spiro atoms. The molecule has 5 heteroatoms. The third kappa shape index (κ3) is 2.45. The number of rotatable bonds is 1. The predicted molar refractivity (Wildman–Crippen MR) is 81.5 cm³/mol. The molecule has 2 aliphatic rings. The molecule has 1 N–H and O–H groups in total. The summed E-state index contributed by atoms with van der Waals surface area (Å²) in [6.45, 7) is 2.24. The Morgan fingerprint density at radius 2 is 1.95 bits per heavy atom. The maximum Gasteiger partial charge on any atom is 0.272 e. The number of nitrogens with zero attached hydrogens (tertiary/aromatic N) is 1. The largest absolute Gasteiger partial charge is 0.326 e. The molecular formula is C15H16Cl2N2O. The van der Waals surface area contributed by atoms with Gasteiger partial charge in [0.1, 0.15) is 11.4 Å². The first-order chi connectivity index (χ1) is 9.49. The van der Waals surface area contributed by atoms with Gasteiger partial charge in [-0.1, -0.05) is 36.2 Å². The van der Waals surface area contributed by atoms with Crippen LogP contribution < -0.4 is 5.32 Å². The molecule has 106 valence electrons. The van der Waals surface area contributed by atoms with Crippen molar-refractivity contribution >= 4 is 34.8 Å². The molecule has 20 heavy (non-hydrogen) atoms. The van der Waals surface area contributed by atoms with Crippen molar-refractivity contribution in [2.24, 2.45) is 10.9 Å². The second-order valence-electron chi connectivity index (χ2n) is 5.76. The van der Waals surface area contributed by atoms with E-state index in [1.54, 1.807) is 18.2 Å². The Balaban J connectivity index is 1.92. The van der Waals surface area contributed by atoms with Crippen molar-refractivity contribution in [1.29, 1.82) is 0 Å². The summed E-state index contributed by atoms with van der Waals surface area (Å²) >= 11 is 11.9. The van der Waals surface area contributed by atoms with Gasteiger partial charge in [0.2, 0.25) is 0 Å². The van der Waals surface area contributed by atoms with Gasteiger partial charge in [-0.2, -0.15) is 0 Å². The SMILES string of the molecule is CC1CCC2(CC1)N=C(c1ccc(Cl)c(Cl)c1)C(=O)N2. The molecule has 1 aromatic carbocycles. The Morgan fingerprint density at radius 3 is 2.60 bits per heavy atom. The quantitative estimate of drug-likeness (QED) is 0.841. The lowest BCUT2D eigenvalue weighted by Crippen LogP contribution is -2.44. The van der Waals surface area contributed by atoms with E-state index in [1.165, 1.54) is 0 Å². The van der Waals surface area contributed by atoms with Gasteiger partial charge in [-0.05, 0) is 43.7 Å². The number of amides is 1. The maximum atomic E-state index is 12.2. The molecule has 0 saturated heterocycles. The first-order valence-corrected chi connectivity index (χ1v) is 7.62. The van der Waals surface area contributed by atoms with Crippen molar-refractivity contribution in [2.75, 3.05) is 0 Å². The minimum atomic E-state index is -0.398. The highest BCUT2D eigenvalue weighted by molar-refractivity contribution is 6.48. The highest BCUT2D eigenvalue weighted by Gasteiger charge is 2.41. The van der Waals surface area contributed by atoms with E-state index in [0.29, 0.717) is 21.7 Å². The molecule has 3 nitrogen and oxygen atoms in total. The van der Waals surface area contributed by atoms with Crippen molar-refractivity contribution in [1.82, 2.24) is 5.32 Å². The van der Waals surface area contributed by atoms with E-state index in [4.69, 9.17) is 23.2 Å². The number of aliphatic imine (C=N–C) groups is 1. The summed E-state index contributed by atoms with van der Waals surface area (Å²) in [7, 11) is 0. The standard InChI is InChI=1S/C15H16Cl2N2O/c1-9-4-6-15(7-5-9)18-13(14(20)19-15)10-2-3-11(16)12(17)8-10/h2-3,8-9H,4-7H2,1H3,(H,19,20). The van der Waals surface area contributed by atoms with Crippen molar-refractivity contribution < 1.29 is 4.79 Å². The zero-order chi connectivity index (χ0) is 14.3. The maximum absolute atomic E-state index is 12.2. The highest BCUT2D eigenvalue weighted by Crippen LogP contribution is 2.36. The number of nitrogens with one attached hydrogen (secondary N) is 1. The highest BCUT2D eigenvalue weighted by atomic mass is 35.5. The molecular weight excluding hydrogens is 295 g/mol. The molecule has 1 fully saturated rings. The van der Waals surface area contributed by atoms with Crippen molar-refractivity contribution in [3.63, 3.8) is 0 Å². The number of halogens is 2. The van der Waals surface area contributed by atoms with Gasteiger partial charge in [0, 0.05) is 5.56 Å². The van der Waals surface area contributed by atoms with Crippen LogP contribution >= 0.6 is 23.2 Å². The molecule has 1 aliphatic heterocycles. The third-order valence-corrected chi connectivity index (χ3v) is 4.92. The monoisotopic (exact) mass is 310 g/mol. The molecule has 1 aromatic rings. The molecule has 1 saturated carbocycles. The summed E-state index contributed by atoms with van der Waals surface area (Å²) in [5.74, 6) is 0.597. The minimum absolute atomic E-state index is 0.113. The van der Waals surface area contributed by atoms with Crippen LogP contribution in [0.15, 0.2) is 23.2 Å². The minimum Gasteiger partial charge on any atom is -0.326 e. The van der Waals surface area contributed by atoms with Gasteiger partial charge in [-0.25, -0.2) is 0 Å². The Morgan fingerprint density at radius 1 is 1.25 bits per heavy atom. The summed E-state index contributed by atoms with van der Waals surface area (Å²) in [6, 6.07) is 5.19. The second-order valence-corrected chi connectivity index (χ2v) is 6.57. The predicted octanol–water partition coefficient (Wildman–Crippen LogP) is 3.82. The zero-order valence-electron chi connectivity index (χ0n) is 11.2. The fourth-order valence-corrected chi connectivity index (χ4v) is 3.18. The first-order valence-electron chi connectivity index (χ1n) is 6.87. The summed E-state index contributed by atoms with van der Waals surface area (Å²) in [5.41, 5.74) is 0.802. The summed E-state index contributed by atoms with van der Waals surface area (Å²) in [6.07, 6.45) is 4.01. The average Bonchev–Trinajstić information content (AvgIpc) is 2.74.